The van der Waals surface area contributed by atoms with Crippen molar-refractivity contribution in [3.8, 4) is 11.5 Å². The van der Waals surface area contributed by atoms with Gasteiger partial charge in [-0.15, -0.1) is 0 Å². The van der Waals surface area contributed by atoms with Gasteiger partial charge >= 0.3 is 0 Å². The van der Waals surface area contributed by atoms with Gasteiger partial charge in [-0.1, -0.05) is 0 Å². The van der Waals surface area contributed by atoms with Crippen LogP contribution in [0.2, 0.25) is 0 Å². The van der Waals surface area contributed by atoms with Gasteiger partial charge in [-0.3, -0.25) is 19.8 Å². The number of hydrogen-bond donors (Lipinski definition) is 2. The molecule has 0 spiro atoms. The zero-order valence-electron chi connectivity index (χ0n) is 12.9. The normalized spacial score (nSPS) is 10.2. The highest BCUT2D eigenvalue weighted by Crippen LogP contribution is 2.15. The summed E-state index contributed by atoms with van der Waals surface area (Å²) in [6.07, 6.45) is 0. The Labute approximate surface area is 132 Å². The molecule has 0 aliphatic rings. The van der Waals surface area contributed by atoms with E-state index in [1.54, 1.807) is 24.3 Å². The quantitative estimate of drug-likeness (QED) is 0.832. The Balaban J connectivity index is 2.39. The van der Waals surface area contributed by atoms with E-state index in [0.717, 1.165) is 4.68 Å². The Morgan fingerprint density at radius 1 is 1.22 bits per heavy atom. The Morgan fingerprint density at radius 2 is 1.83 bits per heavy atom. The summed E-state index contributed by atoms with van der Waals surface area (Å²) in [5, 5.41) is 9.72. The number of nitrogens with one attached hydrogen (secondary N) is 1. The molecule has 0 radical (unpaired) electrons. The van der Waals surface area contributed by atoms with Gasteiger partial charge in [0.25, 0.3) is 11.5 Å². The Morgan fingerprint density at radius 3 is 2.35 bits per heavy atom. The van der Waals surface area contributed by atoms with Gasteiger partial charge in [-0.25, -0.2) is 4.68 Å². The fourth-order valence-electron chi connectivity index (χ4n) is 2.09. The lowest BCUT2D eigenvalue weighted by Crippen LogP contribution is -2.37. The molecule has 120 valence electrons. The smallest absolute Gasteiger partial charge is 0.284 e. The Bertz CT molecular complexity index is 822. The van der Waals surface area contributed by atoms with Crippen molar-refractivity contribution in [2.24, 2.45) is 0 Å². The molecule has 7 heteroatoms. The van der Waals surface area contributed by atoms with Crippen LogP contribution in [0.3, 0.4) is 0 Å². The summed E-state index contributed by atoms with van der Waals surface area (Å²) in [6, 6.07) is 7.55. The lowest BCUT2D eigenvalue weighted by Gasteiger charge is -2.13. The van der Waals surface area contributed by atoms with Crippen molar-refractivity contribution in [1.82, 2.24) is 4.68 Å². The largest absolute Gasteiger partial charge is 0.507 e. The van der Waals surface area contributed by atoms with Gasteiger partial charge in [0.2, 0.25) is 0 Å². The zero-order valence-corrected chi connectivity index (χ0v) is 12.9. The molecule has 0 saturated carbocycles. The van der Waals surface area contributed by atoms with Crippen LogP contribution in [0.25, 0.3) is 0 Å². The van der Waals surface area contributed by atoms with Crippen LogP contribution in [0.5, 0.6) is 11.5 Å². The van der Waals surface area contributed by atoms with Crippen molar-refractivity contribution < 1.29 is 19.4 Å². The summed E-state index contributed by atoms with van der Waals surface area (Å²) < 4.78 is 5.94. The van der Waals surface area contributed by atoms with Crippen molar-refractivity contribution in [1.29, 1.82) is 0 Å². The number of Topliss-reactive ketones (excluding diaryl/α,β-unsaturated/α-hetero) is 1. The molecule has 0 saturated heterocycles. The number of benzene rings is 1. The van der Waals surface area contributed by atoms with Crippen LogP contribution >= 0.6 is 0 Å². The summed E-state index contributed by atoms with van der Waals surface area (Å²) in [5.41, 5.74) is 1.87. The number of aryl methyl sites for hydroxylation is 1. The molecule has 2 rings (SSSR count). The zero-order chi connectivity index (χ0) is 17.1. The predicted octanol–water partition coefficient (Wildman–Crippen LogP) is 1.46. The van der Waals surface area contributed by atoms with E-state index in [1.165, 1.54) is 27.0 Å². The van der Waals surface area contributed by atoms with E-state index in [4.69, 9.17) is 4.74 Å². The molecule has 7 nitrogen and oxygen atoms in total. The minimum absolute atomic E-state index is 0.291. The topological polar surface area (TPSA) is 97.6 Å². The van der Waals surface area contributed by atoms with Gasteiger partial charge in [0, 0.05) is 17.3 Å². The van der Waals surface area contributed by atoms with E-state index < -0.39 is 23.0 Å². The predicted molar refractivity (Wildman–Crippen MR) is 83.8 cm³/mol. The molecule has 0 aliphatic heterocycles. The summed E-state index contributed by atoms with van der Waals surface area (Å²) in [7, 11) is 1.51. The average Bonchev–Trinajstić information content (AvgIpc) is 2.50. The molecular formula is C16H16N2O5. The number of nitrogens with zero attached hydrogens (tertiary/aromatic N) is 1. The van der Waals surface area contributed by atoms with E-state index in [9.17, 15) is 19.5 Å². The highest BCUT2D eigenvalue weighted by Gasteiger charge is 2.18. The van der Waals surface area contributed by atoms with E-state index >= 15 is 0 Å². The number of rotatable bonds is 4. The molecular weight excluding hydrogens is 300 g/mol. The lowest BCUT2D eigenvalue weighted by molar-refractivity contribution is 0.0992. The molecule has 2 aromatic rings. The molecule has 1 aromatic carbocycles. The maximum atomic E-state index is 12.3. The highest BCUT2D eigenvalue weighted by molar-refractivity contribution is 6.00. The number of carbonyl (C=O) groups is 2. The number of ketones is 1. The van der Waals surface area contributed by atoms with Crippen molar-refractivity contribution >= 4 is 11.7 Å². The second-order valence-corrected chi connectivity index (χ2v) is 4.91. The molecule has 1 aromatic heterocycles. The molecule has 1 heterocycles. The minimum Gasteiger partial charge on any atom is -0.507 e. The number of methoxy groups -OCH3 is 1. The van der Waals surface area contributed by atoms with Crippen molar-refractivity contribution in [3.63, 3.8) is 0 Å². The molecule has 0 fully saturated rings. The standard InChI is InChI=1S/C16H16N2O5/c1-9-8-13(20)14(10(2)19)16(22)18(9)17-15(21)11-4-6-12(23-3)7-5-11/h4-8,20H,1-3H3,(H,17,21). The summed E-state index contributed by atoms with van der Waals surface area (Å²) in [6.45, 7) is 2.70. The number of ether oxygens (including phenoxy) is 1. The summed E-state index contributed by atoms with van der Waals surface area (Å²) >= 11 is 0. The van der Waals surface area contributed by atoms with Gasteiger partial charge in [0.05, 0.1) is 7.11 Å². The van der Waals surface area contributed by atoms with Crippen LogP contribution in [0.1, 0.15) is 33.3 Å². The fraction of sp³-hybridized carbons (Fsp3) is 0.188. The summed E-state index contributed by atoms with van der Waals surface area (Å²) in [5.74, 6) is -0.925. The van der Waals surface area contributed by atoms with Crippen LogP contribution in [-0.2, 0) is 0 Å². The maximum Gasteiger partial charge on any atom is 0.284 e. The summed E-state index contributed by atoms with van der Waals surface area (Å²) in [4.78, 5) is 36.0. The lowest BCUT2D eigenvalue weighted by atomic mass is 10.1. The van der Waals surface area contributed by atoms with E-state index in [0.29, 0.717) is 17.0 Å². The molecule has 1 amide bonds. The molecule has 0 atom stereocenters. The first-order chi connectivity index (χ1) is 10.8. The second-order valence-electron chi connectivity index (χ2n) is 4.91. The number of hydrogen-bond acceptors (Lipinski definition) is 5. The van der Waals surface area contributed by atoms with E-state index in [-0.39, 0.29) is 5.56 Å². The average molecular weight is 316 g/mol. The van der Waals surface area contributed by atoms with Gasteiger partial charge in [-0.2, -0.15) is 0 Å². The van der Waals surface area contributed by atoms with Crippen molar-refractivity contribution in [2.45, 2.75) is 13.8 Å². The van der Waals surface area contributed by atoms with Gasteiger partial charge in [-0.05, 0) is 38.1 Å². The van der Waals surface area contributed by atoms with Crippen LogP contribution in [0.15, 0.2) is 35.1 Å². The Hall–Kier alpha value is -3.09. The first-order valence-corrected chi connectivity index (χ1v) is 6.77. The Kier molecular flexibility index (Phi) is 4.49. The first kappa shape index (κ1) is 16.3. The monoisotopic (exact) mass is 316 g/mol. The second kappa shape index (κ2) is 6.35. The van der Waals surface area contributed by atoms with E-state index in [1.807, 2.05) is 0 Å². The number of aromatic hydroxyl groups is 1. The molecule has 2 N–H and O–H groups in total. The maximum absolute atomic E-state index is 12.3. The van der Waals surface area contributed by atoms with Crippen LogP contribution in [-0.4, -0.2) is 28.6 Å². The molecule has 0 aliphatic carbocycles. The number of carbonyl (C=O) groups excluding carboxylic acids is 2. The van der Waals surface area contributed by atoms with Crippen LogP contribution in [0, 0.1) is 6.92 Å². The SMILES string of the molecule is COc1ccc(C(=O)Nn2c(C)cc(O)c(C(C)=O)c2=O)cc1. The van der Waals surface area contributed by atoms with Crippen LogP contribution < -0.4 is 15.7 Å². The van der Waals surface area contributed by atoms with Gasteiger partial charge in [0.15, 0.2) is 5.78 Å². The van der Waals surface area contributed by atoms with Crippen LogP contribution in [0.4, 0.5) is 0 Å². The number of pyridine rings is 1. The number of amides is 1. The third-order valence-corrected chi connectivity index (χ3v) is 3.29. The van der Waals surface area contributed by atoms with E-state index in [2.05, 4.69) is 5.43 Å². The third-order valence-electron chi connectivity index (χ3n) is 3.29. The highest BCUT2D eigenvalue weighted by atomic mass is 16.5. The first-order valence-electron chi connectivity index (χ1n) is 6.77. The van der Waals surface area contributed by atoms with Gasteiger partial charge < -0.3 is 9.84 Å². The molecule has 0 bridgehead atoms. The fourth-order valence-corrected chi connectivity index (χ4v) is 2.09. The minimum atomic E-state index is -0.781. The van der Waals surface area contributed by atoms with Gasteiger partial charge in [0.1, 0.15) is 17.1 Å². The van der Waals surface area contributed by atoms with Crippen molar-refractivity contribution in [2.75, 3.05) is 12.5 Å². The third kappa shape index (κ3) is 3.23. The van der Waals surface area contributed by atoms with Crippen molar-refractivity contribution in [3.05, 3.63) is 57.5 Å². The number of aromatic nitrogens is 1. The molecule has 0 unspecified atom stereocenters. The molecule has 23 heavy (non-hydrogen) atoms.